The largest absolute Gasteiger partial charge is 0.497 e. The Labute approximate surface area is 123 Å². The maximum atomic E-state index is 6.14. The van der Waals surface area contributed by atoms with E-state index >= 15 is 0 Å². The summed E-state index contributed by atoms with van der Waals surface area (Å²) in [6.45, 7) is 1.11. The van der Waals surface area contributed by atoms with Gasteiger partial charge in [0.05, 0.1) is 18.5 Å². The number of anilines is 3. The molecule has 0 bridgehead atoms. The minimum absolute atomic E-state index is 0.553. The Morgan fingerprint density at radius 2 is 1.81 bits per heavy atom. The Morgan fingerprint density at radius 1 is 1.10 bits per heavy atom. The second-order valence-corrected chi connectivity index (χ2v) is 4.82. The Hall–Kier alpha value is -2.56. The van der Waals surface area contributed by atoms with Gasteiger partial charge in [-0.2, -0.15) is 0 Å². The summed E-state index contributed by atoms with van der Waals surface area (Å²) in [5.74, 6) is 2.22. The van der Waals surface area contributed by atoms with Crippen LogP contribution in [0.1, 0.15) is 0 Å². The first-order chi connectivity index (χ1) is 10.2. The van der Waals surface area contributed by atoms with Gasteiger partial charge in [0.1, 0.15) is 19.0 Å². The van der Waals surface area contributed by atoms with Gasteiger partial charge in [-0.3, -0.25) is 0 Å². The molecule has 3 rings (SSSR count). The number of nitrogen functional groups attached to an aromatic ring is 1. The SMILES string of the molecule is COc1cccc(N(C)c2cc3c(cc2N)OCCO3)c1. The minimum atomic E-state index is 0.553. The summed E-state index contributed by atoms with van der Waals surface area (Å²) in [6, 6.07) is 11.5. The lowest BCUT2D eigenvalue weighted by Crippen LogP contribution is -2.17. The van der Waals surface area contributed by atoms with Crippen LogP contribution in [0, 0.1) is 0 Å². The molecule has 2 N–H and O–H groups in total. The Kier molecular flexibility index (Phi) is 3.48. The van der Waals surface area contributed by atoms with E-state index in [2.05, 4.69) is 0 Å². The highest BCUT2D eigenvalue weighted by molar-refractivity contribution is 5.78. The molecule has 0 aromatic heterocycles. The molecule has 2 aromatic rings. The highest BCUT2D eigenvalue weighted by Crippen LogP contribution is 2.40. The maximum Gasteiger partial charge on any atom is 0.163 e. The van der Waals surface area contributed by atoms with E-state index in [0.29, 0.717) is 24.7 Å². The van der Waals surface area contributed by atoms with Crippen molar-refractivity contribution in [3.05, 3.63) is 36.4 Å². The van der Waals surface area contributed by atoms with E-state index in [4.69, 9.17) is 19.9 Å². The van der Waals surface area contributed by atoms with Crippen molar-refractivity contribution in [2.75, 3.05) is 38.0 Å². The first kappa shape index (κ1) is 13.4. The molecule has 0 amide bonds. The Morgan fingerprint density at radius 3 is 2.52 bits per heavy atom. The molecule has 1 aliphatic heterocycles. The van der Waals surface area contributed by atoms with Crippen LogP contribution in [0.3, 0.4) is 0 Å². The average molecular weight is 286 g/mol. The Bertz CT molecular complexity index is 658. The van der Waals surface area contributed by atoms with Gasteiger partial charge in [-0.15, -0.1) is 0 Å². The smallest absolute Gasteiger partial charge is 0.163 e. The summed E-state index contributed by atoms with van der Waals surface area (Å²) in [5, 5.41) is 0. The van der Waals surface area contributed by atoms with Crippen molar-refractivity contribution >= 4 is 17.1 Å². The molecule has 1 aliphatic rings. The molecule has 0 atom stereocenters. The molecule has 5 heteroatoms. The molecular formula is C16H18N2O3. The van der Waals surface area contributed by atoms with E-state index < -0.39 is 0 Å². The molecule has 0 fully saturated rings. The first-order valence-electron chi connectivity index (χ1n) is 6.76. The van der Waals surface area contributed by atoms with Crippen LogP contribution in [0.2, 0.25) is 0 Å². The summed E-state index contributed by atoms with van der Waals surface area (Å²) < 4.78 is 16.4. The van der Waals surface area contributed by atoms with Crippen LogP contribution in [-0.2, 0) is 0 Å². The fraction of sp³-hybridized carbons (Fsp3) is 0.250. The number of ether oxygens (including phenoxy) is 3. The van der Waals surface area contributed by atoms with Crippen LogP contribution in [-0.4, -0.2) is 27.4 Å². The van der Waals surface area contributed by atoms with Gasteiger partial charge in [0, 0.05) is 30.9 Å². The molecule has 0 unspecified atom stereocenters. The predicted octanol–water partition coefficient (Wildman–Crippen LogP) is 2.82. The monoisotopic (exact) mass is 286 g/mol. The van der Waals surface area contributed by atoms with E-state index in [1.165, 1.54) is 0 Å². The van der Waals surface area contributed by atoms with Gasteiger partial charge < -0.3 is 24.8 Å². The Balaban J connectivity index is 1.98. The van der Waals surface area contributed by atoms with Gasteiger partial charge in [0.15, 0.2) is 11.5 Å². The summed E-state index contributed by atoms with van der Waals surface area (Å²) in [5.41, 5.74) is 8.64. The van der Waals surface area contributed by atoms with Crippen molar-refractivity contribution in [3.8, 4) is 17.2 Å². The zero-order chi connectivity index (χ0) is 14.8. The molecule has 0 saturated heterocycles. The van der Waals surface area contributed by atoms with Gasteiger partial charge >= 0.3 is 0 Å². The van der Waals surface area contributed by atoms with E-state index in [9.17, 15) is 0 Å². The number of hydrogen-bond donors (Lipinski definition) is 1. The third-order valence-corrected chi connectivity index (χ3v) is 3.49. The average Bonchev–Trinajstić information content (AvgIpc) is 2.53. The van der Waals surface area contributed by atoms with Crippen molar-refractivity contribution in [1.82, 2.24) is 0 Å². The van der Waals surface area contributed by atoms with Crippen molar-refractivity contribution < 1.29 is 14.2 Å². The molecule has 0 radical (unpaired) electrons. The molecular weight excluding hydrogens is 268 g/mol. The van der Waals surface area contributed by atoms with Gasteiger partial charge in [-0.1, -0.05) is 6.07 Å². The maximum absolute atomic E-state index is 6.14. The lowest BCUT2D eigenvalue weighted by molar-refractivity contribution is 0.172. The molecule has 21 heavy (non-hydrogen) atoms. The highest BCUT2D eigenvalue weighted by Gasteiger charge is 2.17. The zero-order valence-corrected chi connectivity index (χ0v) is 12.1. The second kappa shape index (κ2) is 5.44. The fourth-order valence-electron chi connectivity index (χ4n) is 2.34. The van der Waals surface area contributed by atoms with Gasteiger partial charge in [0.2, 0.25) is 0 Å². The fourth-order valence-corrected chi connectivity index (χ4v) is 2.34. The zero-order valence-electron chi connectivity index (χ0n) is 12.1. The lowest BCUT2D eigenvalue weighted by Gasteiger charge is -2.25. The van der Waals surface area contributed by atoms with E-state index in [1.807, 2.05) is 42.3 Å². The minimum Gasteiger partial charge on any atom is -0.497 e. The number of nitrogens with zero attached hydrogens (tertiary/aromatic N) is 1. The highest BCUT2D eigenvalue weighted by atomic mass is 16.6. The standard InChI is InChI=1S/C16H18N2O3/c1-18(11-4-3-5-12(8-11)19-2)14-10-16-15(9-13(14)17)20-6-7-21-16/h3-5,8-10H,6-7,17H2,1-2H3. The van der Waals surface area contributed by atoms with Crippen molar-refractivity contribution in [3.63, 3.8) is 0 Å². The topological polar surface area (TPSA) is 57.0 Å². The molecule has 2 aromatic carbocycles. The number of fused-ring (bicyclic) bond motifs is 1. The summed E-state index contributed by atoms with van der Waals surface area (Å²) in [6.07, 6.45) is 0. The van der Waals surface area contributed by atoms with Crippen LogP contribution in [0.15, 0.2) is 36.4 Å². The number of methoxy groups -OCH3 is 1. The number of hydrogen-bond acceptors (Lipinski definition) is 5. The van der Waals surface area contributed by atoms with Gasteiger partial charge in [-0.25, -0.2) is 0 Å². The van der Waals surface area contributed by atoms with Crippen molar-refractivity contribution in [2.45, 2.75) is 0 Å². The van der Waals surface area contributed by atoms with Crippen LogP contribution in [0.25, 0.3) is 0 Å². The van der Waals surface area contributed by atoms with Crippen molar-refractivity contribution in [1.29, 1.82) is 0 Å². The quantitative estimate of drug-likeness (QED) is 0.879. The summed E-state index contributed by atoms with van der Waals surface area (Å²) in [4.78, 5) is 2.00. The van der Waals surface area contributed by atoms with E-state index in [1.54, 1.807) is 13.2 Å². The number of nitrogens with two attached hydrogens (primary N) is 1. The van der Waals surface area contributed by atoms with Crippen LogP contribution in [0.5, 0.6) is 17.2 Å². The molecule has 0 saturated carbocycles. The number of rotatable bonds is 3. The number of benzene rings is 2. The normalized spacial score (nSPS) is 12.9. The predicted molar refractivity (Wildman–Crippen MR) is 82.9 cm³/mol. The van der Waals surface area contributed by atoms with Crippen LogP contribution >= 0.6 is 0 Å². The molecule has 5 nitrogen and oxygen atoms in total. The van der Waals surface area contributed by atoms with Gasteiger partial charge in [-0.05, 0) is 12.1 Å². The van der Waals surface area contributed by atoms with Crippen molar-refractivity contribution in [2.24, 2.45) is 0 Å². The third kappa shape index (κ3) is 2.54. The molecule has 1 heterocycles. The van der Waals surface area contributed by atoms with E-state index in [-0.39, 0.29) is 0 Å². The van der Waals surface area contributed by atoms with Crippen LogP contribution < -0.4 is 24.8 Å². The van der Waals surface area contributed by atoms with Gasteiger partial charge in [0.25, 0.3) is 0 Å². The lowest BCUT2D eigenvalue weighted by atomic mass is 10.2. The van der Waals surface area contributed by atoms with E-state index in [0.717, 1.165) is 22.9 Å². The molecule has 0 spiro atoms. The first-order valence-corrected chi connectivity index (χ1v) is 6.76. The summed E-state index contributed by atoms with van der Waals surface area (Å²) >= 11 is 0. The molecule has 110 valence electrons. The third-order valence-electron chi connectivity index (χ3n) is 3.49. The summed E-state index contributed by atoms with van der Waals surface area (Å²) in [7, 11) is 3.61. The second-order valence-electron chi connectivity index (χ2n) is 4.82. The van der Waals surface area contributed by atoms with Crippen LogP contribution in [0.4, 0.5) is 17.1 Å². The molecule has 0 aliphatic carbocycles.